The van der Waals surface area contributed by atoms with E-state index in [-0.39, 0.29) is 29.8 Å². The number of carbonyl (C=O) groups is 1. The van der Waals surface area contributed by atoms with E-state index in [9.17, 15) is 9.18 Å². The Morgan fingerprint density at radius 2 is 2.16 bits per heavy atom. The number of nitrogens with one attached hydrogen (secondary N) is 2. The summed E-state index contributed by atoms with van der Waals surface area (Å²) >= 11 is 0. The summed E-state index contributed by atoms with van der Waals surface area (Å²) in [6.45, 7) is 3.49. The number of aryl methyl sites for hydroxylation is 2. The van der Waals surface area contributed by atoms with Crippen LogP contribution in [0.2, 0.25) is 0 Å². The largest absolute Gasteiger partial charge is 0.374 e. The van der Waals surface area contributed by atoms with Crippen molar-refractivity contribution in [1.82, 2.24) is 5.16 Å². The molecule has 0 radical (unpaired) electrons. The maximum atomic E-state index is 13.5. The number of benzene rings is 1. The van der Waals surface area contributed by atoms with Crippen LogP contribution < -0.4 is 10.6 Å². The van der Waals surface area contributed by atoms with E-state index in [1.54, 1.807) is 32.0 Å². The summed E-state index contributed by atoms with van der Waals surface area (Å²) in [6, 6.07) is 6.37. The minimum atomic E-state index is -0.386. The van der Waals surface area contributed by atoms with Gasteiger partial charge in [-0.3, -0.25) is 10.1 Å². The zero-order valence-corrected chi connectivity index (χ0v) is 10.7. The summed E-state index contributed by atoms with van der Waals surface area (Å²) in [5.74, 6) is -0.451. The van der Waals surface area contributed by atoms with E-state index in [2.05, 4.69) is 15.8 Å². The number of hydrogen-bond donors (Lipinski definition) is 2. The lowest BCUT2D eigenvalue weighted by atomic mass is 10.2. The predicted octanol–water partition coefficient (Wildman–Crippen LogP) is 2.48. The molecule has 0 saturated carbocycles. The summed E-state index contributed by atoms with van der Waals surface area (Å²) in [7, 11) is 0. The van der Waals surface area contributed by atoms with Crippen molar-refractivity contribution in [3.05, 3.63) is 41.3 Å². The zero-order valence-electron chi connectivity index (χ0n) is 10.7. The molecular formula is C13H14FN3O2. The number of amides is 1. The fourth-order valence-electron chi connectivity index (χ4n) is 1.54. The monoisotopic (exact) mass is 263 g/mol. The van der Waals surface area contributed by atoms with Crippen molar-refractivity contribution in [2.45, 2.75) is 13.8 Å². The van der Waals surface area contributed by atoms with Gasteiger partial charge in [-0.05, 0) is 31.5 Å². The fraction of sp³-hybridized carbons (Fsp3) is 0.231. The molecule has 0 aliphatic carbocycles. The molecule has 2 aromatic rings. The summed E-state index contributed by atoms with van der Waals surface area (Å²) in [5, 5.41) is 8.87. The molecule has 100 valence electrons. The maximum absolute atomic E-state index is 13.5. The quantitative estimate of drug-likeness (QED) is 0.889. The molecule has 2 rings (SSSR count). The van der Waals surface area contributed by atoms with Crippen molar-refractivity contribution >= 4 is 17.5 Å². The molecule has 1 amide bonds. The van der Waals surface area contributed by atoms with Gasteiger partial charge in [0.05, 0.1) is 17.9 Å². The van der Waals surface area contributed by atoms with Crippen molar-refractivity contribution in [3.8, 4) is 0 Å². The molecule has 0 spiro atoms. The zero-order chi connectivity index (χ0) is 13.8. The van der Waals surface area contributed by atoms with Crippen molar-refractivity contribution < 1.29 is 13.7 Å². The highest BCUT2D eigenvalue weighted by Gasteiger charge is 2.08. The minimum Gasteiger partial charge on any atom is -0.374 e. The molecule has 1 heterocycles. The molecular weight excluding hydrogens is 249 g/mol. The van der Waals surface area contributed by atoms with Crippen molar-refractivity contribution in [1.29, 1.82) is 0 Å². The van der Waals surface area contributed by atoms with Gasteiger partial charge in [-0.15, -0.1) is 0 Å². The van der Waals surface area contributed by atoms with Gasteiger partial charge in [0.1, 0.15) is 5.82 Å². The van der Waals surface area contributed by atoms with Gasteiger partial charge >= 0.3 is 0 Å². The third kappa shape index (κ3) is 3.54. The van der Waals surface area contributed by atoms with Crippen LogP contribution in [0.15, 0.2) is 28.8 Å². The highest BCUT2D eigenvalue weighted by molar-refractivity contribution is 5.92. The number of nitrogens with zero attached hydrogens (tertiary/aromatic N) is 1. The van der Waals surface area contributed by atoms with Gasteiger partial charge in [-0.1, -0.05) is 11.2 Å². The minimum absolute atomic E-state index is 0.0558. The molecule has 5 nitrogen and oxygen atoms in total. The summed E-state index contributed by atoms with van der Waals surface area (Å²) < 4.78 is 18.4. The Hall–Kier alpha value is -2.37. The highest BCUT2D eigenvalue weighted by Crippen LogP contribution is 2.15. The number of aromatic nitrogens is 1. The Morgan fingerprint density at radius 3 is 2.79 bits per heavy atom. The predicted molar refractivity (Wildman–Crippen MR) is 69.5 cm³/mol. The first kappa shape index (κ1) is 13.1. The summed E-state index contributed by atoms with van der Waals surface area (Å²) in [4.78, 5) is 11.6. The first-order valence-corrected chi connectivity index (χ1v) is 5.78. The number of halogens is 1. The summed E-state index contributed by atoms with van der Waals surface area (Å²) in [5.41, 5.74) is 1.78. The average Bonchev–Trinajstić information content (AvgIpc) is 2.73. The lowest BCUT2D eigenvalue weighted by molar-refractivity contribution is -0.114. The fourth-order valence-corrected chi connectivity index (χ4v) is 1.54. The van der Waals surface area contributed by atoms with E-state index >= 15 is 0 Å². The van der Waals surface area contributed by atoms with Crippen LogP contribution in [0.3, 0.4) is 0 Å². The molecule has 1 aromatic heterocycles. The van der Waals surface area contributed by atoms with E-state index < -0.39 is 0 Å². The van der Waals surface area contributed by atoms with Gasteiger partial charge < -0.3 is 9.84 Å². The smallest absolute Gasteiger partial charge is 0.246 e. The van der Waals surface area contributed by atoms with Crippen LogP contribution in [0, 0.1) is 19.7 Å². The number of rotatable bonds is 4. The van der Waals surface area contributed by atoms with Crippen LogP contribution >= 0.6 is 0 Å². The topological polar surface area (TPSA) is 67.2 Å². The van der Waals surface area contributed by atoms with E-state index in [0.717, 1.165) is 5.56 Å². The van der Waals surface area contributed by atoms with Crippen LogP contribution in [-0.4, -0.2) is 17.6 Å². The molecule has 0 bridgehead atoms. The SMILES string of the molecule is Cc1ccc(NCC(=O)Nc2cc(C)no2)c(F)c1. The van der Waals surface area contributed by atoms with Crippen molar-refractivity contribution in [2.24, 2.45) is 0 Å². The second-order valence-electron chi connectivity index (χ2n) is 4.22. The number of hydrogen-bond acceptors (Lipinski definition) is 4. The van der Waals surface area contributed by atoms with Gasteiger partial charge in [0.15, 0.2) is 0 Å². The third-order valence-corrected chi connectivity index (χ3v) is 2.45. The molecule has 0 aliphatic heterocycles. The van der Waals surface area contributed by atoms with Crippen LogP contribution in [0.1, 0.15) is 11.3 Å². The van der Waals surface area contributed by atoms with E-state index in [0.29, 0.717) is 5.69 Å². The first-order chi connectivity index (χ1) is 9.04. The second kappa shape index (κ2) is 5.51. The van der Waals surface area contributed by atoms with Crippen LogP contribution in [0.5, 0.6) is 0 Å². The van der Waals surface area contributed by atoms with Gasteiger partial charge in [0, 0.05) is 6.07 Å². The van der Waals surface area contributed by atoms with Crippen LogP contribution in [0.25, 0.3) is 0 Å². The molecule has 2 N–H and O–H groups in total. The molecule has 0 unspecified atom stereocenters. The van der Waals surface area contributed by atoms with Gasteiger partial charge in [0.2, 0.25) is 11.8 Å². The number of anilines is 2. The second-order valence-corrected chi connectivity index (χ2v) is 4.22. The van der Waals surface area contributed by atoms with Gasteiger partial charge in [0.25, 0.3) is 0 Å². The summed E-state index contributed by atoms with van der Waals surface area (Å²) in [6.07, 6.45) is 0. The first-order valence-electron chi connectivity index (χ1n) is 5.78. The van der Waals surface area contributed by atoms with E-state index in [1.165, 1.54) is 6.07 Å². The Bertz CT molecular complexity index is 595. The molecule has 6 heteroatoms. The lowest BCUT2D eigenvalue weighted by Crippen LogP contribution is -2.21. The van der Waals surface area contributed by atoms with Crippen LogP contribution in [-0.2, 0) is 4.79 Å². The maximum Gasteiger partial charge on any atom is 0.246 e. The van der Waals surface area contributed by atoms with Gasteiger partial charge in [-0.2, -0.15) is 0 Å². The Morgan fingerprint density at radius 1 is 1.37 bits per heavy atom. The number of carbonyl (C=O) groups excluding carboxylic acids is 1. The molecule has 1 aromatic carbocycles. The average molecular weight is 263 g/mol. The normalized spacial score (nSPS) is 10.3. The van der Waals surface area contributed by atoms with Crippen LogP contribution in [0.4, 0.5) is 16.0 Å². The molecule has 0 atom stereocenters. The Labute approximate surface area is 109 Å². The van der Waals surface area contributed by atoms with Crippen molar-refractivity contribution in [2.75, 3.05) is 17.2 Å². The Kier molecular flexibility index (Phi) is 3.79. The third-order valence-electron chi connectivity index (χ3n) is 2.45. The molecule has 0 saturated heterocycles. The molecule has 19 heavy (non-hydrogen) atoms. The molecule has 0 fully saturated rings. The highest BCUT2D eigenvalue weighted by atomic mass is 19.1. The van der Waals surface area contributed by atoms with Crippen molar-refractivity contribution in [3.63, 3.8) is 0 Å². The molecule has 0 aliphatic rings. The van der Waals surface area contributed by atoms with E-state index in [4.69, 9.17) is 4.52 Å². The lowest BCUT2D eigenvalue weighted by Gasteiger charge is -2.07. The van der Waals surface area contributed by atoms with E-state index in [1.807, 2.05) is 0 Å². The Balaban J connectivity index is 1.89. The van der Waals surface area contributed by atoms with Gasteiger partial charge in [-0.25, -0.2) is 4.39 Å². The standard InChI is InChI=1S/C13H14FN3O2/c1-8-3-4-11(10(14)5-8)15-7-12(18)16-13-6-9(2)17-19-13/h3-6,15H,7H2,1-2H3,(H,16,18).